The molecule has 26 heavy (non-hydrogen) atoms. The van der Waals surface area contributed by atoms with Gasteiger partial charge in [0, 0.05) is 55.2 Å². The van der Waals surface area contributed by atoms with Gasteiger partial charge >= 0.3 is 0 Å². The summed E-state index contributed by atoms with van der Waals surface area (Å²) < 4.78 is 0. The van der Waals surface area contributed by atoms with E-state index in [9.17, 15) is 5.11 Å². The number of hydrogen-bond acceptors (Lipinski definition) is 4. The molecule has 2 aliphatic heterocycles. The monoisotopic (exact) mass is 351 g/mol. The number of hydrogen-bond donors (Lipinski definition) is 3. The highest BCUT2D eigenvalue weighted by atomic mass is 16.3. The summed E-state index contributed by atoms with van der Waals surface area (Å²) in [4.78, 5) is 14.7. The van der Waals surface area contributed by atoms with E-state index < -0.39 is 0 Å². The molecule has 136 valence electrons. The first-order chi connectivity index (χ1) is 12.6. The van der Waals surface area contributed by atoms with Crippen molar-refractivity contribution in [3.63, 3.8) is 0 Å². The van der Waals surface area contributed by atoms with E-state index in [1.807, 2.05) is 31.5 Å². The number of allylic oxidation sites excluding steroid dienone is 2. The van der Waals surface area contributed by atoms with E-state index in [-0.39, 0.29) is 18.4 Å². The summed E-state index contributed by atoms with van der Waals surface area (Å²) >= 11 is 0. The van der Waals surface area contributed by atoms with Crippen molar-refractivity contribution < 1.29 is 5.11 Å². The molecule has 2 aromatic rings. The van der Waals surface area contributed by atoms with Gasteiger partial charge in [0.25, 0.3) is 0 Å². The van der Waals surface area contributed by atoms with Gasteiger partial charge in [-0.15, -0.1) is 0 Å². The second-order valence-corrected chi connectivity index (χ2v) is 7.43. The molecule has 0 bridgehead atoms. The molecule has 3 N–H and O–H groups in total. The van der Waals surface area contributed by atoms with Crippen LogP contribution < -0.4 is 4.90 Å². The van der Waals surface area contributed by atoms with Crippen LogP contribution in [0.15, 0.2) is 35.6 Å². The van der Waals surface area contributed by atoms with Crippen molar-refractivity contribution in [2.45, 2.75) is 20.3 Å². The van der Waals surface area contributed by atoms with Crippen molar-refractivity contribution in [1.29, 1.82) is 5.41 Å². The summed E-state index contributed by atoms with van der Waals surface area (Å²) in [5.41, 5.74) is 3.75. The molecular formula is C20H25N5O. The third kappa shape index (κ3) is 2.84. The highest BCUT2D eigenvalue weighted by Gasteiger charge is 2.26. The molecule has 0 saturated carbocycles. The standard InChI is InChI=1S/C20H25N5O/c1-12-3-4-16(24-19(21)13(12)2)15-9-23-20-18(15)17(5-7-22-20)25-8-6-14(10-25)11-26/h3-5,7,9,12-14,21,26H,6,8,10-11H2,1-2H3,(H,22,23). The Balaban J connectivity index is 1.81. The smallest absolute Gasteiger partial charge is 0.140 e. The van der Waals surface area contributed by atoms with Crippen molar-refractivity contribution in [1.82, 2.24) is 9.97 Å². The van der Waals surface area contributed by atoms with E-state index >= 15 is 0 Å². The number of anilines is 1. The van der Waals surface area contributed by atoms with Gasteiger partial charge in [0.2, 0.25) is 0 Å². The van der Waals surface area contributed by atoms with Crippen molar-refractivity contribution in [2.75, 3.05) is 24.6 Å². The molecule has 3 unspecified atom stereocenters. The maximum Gasteiger partial charge on any atom is 0.140 e. The van der Waals surface area contributed by atoms with Crippen LogP contribution in [0.25, 0.3) is 11.0 Å². The number of aromatic nitrogens is 2. The van der Waals surface area contributed by atoms with Crippen LogP contribution in [0.3, 0.4) is 0 Å². The molecular weight excluding hydrogens is 326 g/mol. The maximum atomic E-state index is 9.48. The number of aromatic amines is 1. The van der Waals surface area contributed by atoms with E-state index in [1.165, 1.54) is 0 Å². The van der Waals surface area contributed by atoms with Crippen LogP contribution in [0, 0.1) is 23.2 Å². The topological polar surface area (TPSA) is 88.4 Å². The zero-order valence-electron chi connectivity index (χ0n) is 15.2. The number of nitrogens with zero attached hydrogens (tertiary/aromatic N) is 3. The second-order valence-electron chi connectivity index (χ2n) is 7.43. The number of fused-ring (bicyclic) bond motifs is 1. The molecule has 0 amide bonds. The third-order valence-corrected chi connectivity index (χ3v) is 5.73. The fourth-order valence-electron chi connectivity index (χ4n) is 3.78. The summed E-state index contributed by atoms with van der Waals surface area (Å²) in [6.45, 7) is 6.18. The molecule has 1 fully saturated rings. The normalized spacial score (nSPS) is 26.4. The Morgan fingerprint density at radius 3 is 3.00 bits per heavy atom. The molecule has 4 rings (SSSR count). The first-order valence-electron chi connectivity index (χ1n) is 9.26. The molecule has 2 aromatic heterocycles. The molecule has 1 saturated heterocycles. The van der Waals surface area contributed by atoms with Gasteiger partial charge in [-0.05, 0) is 24.5 Å². The Labute approximate surface area is 153 Å². The Morgan fingerprint density at radius 2 is 2.23 bits per heavy atom. The predicted molar refractivity (Wildman–Crippen MR) is 105 cm³/mol. The first-order valence-corrected chi connectivity index (χ1v) is 9.26. The van der Waals surface area contributed by atoms with E-state index in [2.05, 4.69) is 32.9 Å². The zero-order chi connectivity index (χ0) is 18.3. The summed E-state index contributed by atoms with van der Waals surface area (Å²) in [7, 11) is 0. The van der Waals surface area contributed by atoms with Gasteiger partial charge in [-0.25, -0.2) is 9.98 Å². The van der Waals surface area contributed by atoms with Crippen molar-refractivity contribution >= 4 is 28.3 Å². The number of rotatable bonds is 3. The molecule has 0 spiro atoms. The van der Waals surface area contributed by atoms with Gasteiger partial charge in [0.05, 0.1) is 11.1 Å². The largest absolute Gasteiger partial charge is 0.396 e. The lowest BCUT2D eigenvalue weighted by Gasteiger charge is -2.20. The van der Waals surface area contributed by atoms with Crippen LogP contribution in [0.4, 0.5) is 5.69 Å². The SMILES string of the molecule is CC1C=CC(c2c[nH]c3nccc(N4CCC(CO)C4)c23)=NC(=N)C1C. The molecule has 6 nitrogen and oxygen atoms in total. The zero-order valence-corrected chi connectivity index (χ0v) is 15.2. The number of pyridine rings is 1. The van der Waals surface area contributed by atoms with Crippen LogP contribution in [0.2, 0.25) is 0 Å². The van der Waals surface area contributed by atoms with Gasteiger partial charge in [-0.1, -0.05) is 19.9 Å². The Hall–Kier alpha value is -2.47. The van der Waals surface area contributed by atoms with Crippen LogP contribution in [-0.2, 0) is 0 Å². The van der Waals surface area contributed by atoms with Gasteiger partial charge in [0.15, 0.2) is 0 Å². The van der Waals surface area contributed by atoms with E-state index in [0.29, 0.717) is 11.8 Å². The molecule has 4 heterocycles. The number of amidine groups is 1. The van der Waals surface area contributed by atoms with Crippen LogP contribution in [0.1, 0.15) is 25.8 Å². The lowest BCUT2D eigenvalue weighted by molar-refractivity contribution is 0.238. The number of aliphatic imine (C=N–C) groups is 1. The van der Waals surface area contributed by atoms with Gasteiger partial charge < -0.3 is 15.0 Å². The number of H-pyrrole nitrogens is 1. The summed E-state index contributed by atoms with van der Waals surface area (Å²) in [5, 5.41) is 18.8. The fourth-order valence-corrected chi connectivity index (χ4v) is 3.78. The average Bonchev–Trinajstić information content (AvgIpc) is 3.28. The number of aliphatic hydroxyl groups is 1. The van der Waals surface area contributed by atoms with E-state index in [4.69, 9.17) is 5.41 Å². The molecule has 0 aromatic carbocycles. The van der Waals surface area contributed by atoms with Crippen LogP contribution >= 0.6 is 0 Å². The number of nitrogens with one attached hydrogen (secondary N) is 2. The van der Waals surface area contributed by atoms with E-state index in [1.54, 1.807) is 0 Å². The van der Waals surface area contributed by atoms with Crippen molar-refractivity contribution in [3.05, 3.63) is 36.2 Å². The van der Waals surface area contributed by atoms with Gasteiger partial charge in [0.1, 0.15) is 11.5 Å². The highest BCUT2D eigenvalue weighted by Crippen LogP contribution is 2.33. The fraction of sp³-hybridized carbons (Fsp3) is 0.450. The summed E-state index contributed by atoms with van der Waals surface area (Å²) in [6.07, 6.45) is 8.93. The van der Waals surface area contributed by atoms with Crippen LogP contribution in [0.5, 0.6) is 0 Å². The minimum absolute atomic E-state index is 0.107. The molecule has 0 radical (unpaired) electrons. The van der Waals surface area contributed by atoms with Crippen molar-refractivity contribution in [2.24, 2.45) is 22.7 Å². The Morgan fingerprint density at radius 1 is 1.38 bits per heavy atom. The lowest BCUT2D eigenvalue weighted by atomic mass is 9.95. The number of aliphatic hydroxyl groups excluding tert-OH is 1. The van der Waals surface area contributed by atoms with E-state index in [0.717, 1.165) is 47.5 Å². The molecule has 2 aliphatic rings. The summed E-state index contributed by atoms with van der Waals surface area (Å²) in [6, 6.07) is 2.04. The minimum atomic E-state index is 0.107. The second kappa shape index (κ2) is 6.68. The van der Waals surface area contributed by atoms with Crippen LogP contribution in [-0.4, -0.2) is 46.3 Å². The first kappa shape index (κ1) is 17.0. The summed E-state index contributed by atoms with van der Waals surface area (Å²) in [5.74, 6) is 1.13. The Bertz CT molecular complexity index is 897. The highest BCUT2D eigenvalue weighted by molar-refractivity contribution is 6.21. The van der Waals surface area contributed by atoms with Crippen molar-refractivity contribution in [3.8, 4) is 0 Å². The lowest BCUT2D eigenvalue weighted by Crippen LogP contribution is -2.21. The maximum absolute atomic E-state index is 9.48. The van der Waals surface area contributed by atoms with Gasteiger partial charge in [-0.3, -0.25) is 5.41 Å². The third-order valence-electron chi connectivity index (χ3n) is 5.73. The Kier molecular flexibility index (Phi) is 4.36. The molecule has 3 atom stereocenters. The molecule has 0 aliphatic carbocycles. The average molecular weight is 351 g/mol. The molecule has 6 heteroatoms. The predicted octanol–water partition coefficient (Wildman–Crippen LogP) is 2.99. The van der Waals surface area contributed by atoms with Gasteiger partial charge in [-0.2, -0.15) is 0 Å². The quantitative estimate of drug-likeness (QED) is 0.794. The minimum Gasteiger partial charge on any atom is -0.396 e.